The van der Waals surface area contributed by atoms with Crippen LogP contribution in [0.5, 0.6) is 0 Å². The largest absolute Gasteiger partial charge is 0.352 e. The van der Waals surface area contributed by atoms with E-state index in [0.29, 0.717) is 24.3 Å². The lowest BCUT2D eigenvalue weighted by Gasteiger charge is -2.34. The number of hydrogen-bond donors (Lipinski definition) is 2. The van der Waals surface area contributed by atoms with Crippen LogP contribution in [0.2, 0.25) is 0 Å². The second-order valence-electron chi connectivity index (χ2n) is 4.78. The van der Waals surface area contributed by atoms with E-state index in [1.54, 1.807) is 11.8 Å². The summed E-state index contributed by atoms with van der Waals surface area (Å²) in [5.41, 5.74) is 5.39. The molecular weight excluding hydrogens is 220 g/mol. The van der Waals surface area contributed by atoms with Crippen LogP contribution in [-0.2, 0) is 4.79 Å². The van der Waals surface area contributed by atoms with Crippen molar-refractivity contribution in [2.45, 2.75) is 39.2 Å². The van der Waals surface area contributed by atoms with Gasteiger partial charge in [0.15, 0.2) is 0 Å². The average molecular weight is 244 g/mol. The Morgan fingerprint density at radius 2 is 2.19 bits per heavy atom. The van der Waals surface area contributed by atoms with E-state index in [1.165, 1.54) is 12.8 Å². The number of thioether (sulfide) groups is 1. The molecule has 4 heteroatoms. The number of rotatable bonds is 5. The first-order valence-electron chi connectivity index (χ1n) is 6.22. The van der Waals surface area contributed by atoms with Crippen molar-refractivity contribution >= 4 is 17.7 Å². The second-order valence-corrected chi connectivity index (χ2v) is 5.89. The Bertz CT molecular complexity index is 223. The number of carbonyl (C=O) groups is 1. The van der Waals surface area contributed by atoms with E-state index in [4.69, 9.17) is 5.73 Å². The smallest absolute Gasteiger partial charge is 0.230 e. The van der Waals surface area contributed by atoms with Crippen molar-refractivity contribution in [1.82, 2.24) is 5.32 Å². The molecule has 3 unspecified atom stereocenters. The minimum atomic E-state index is 0.171. The Hall–Kier alpha value is -0.220. The molecular formula is C12H24N2OS. The third-order valence-corrected chi connectivity index (χ3v) is 4.54. The van der Waals surface area contributed by atoms with Crippen molar-refractivity contribution in [3.05, 3.63) is 0 Å². The molecule has 3 nitrogen and oxygen atoms in total. The number of carbonyl (C=O) groups excluding carboxylic acids is 1. The van der Waals surface area contributed by atoms with Gasteiger partial charge in [0, 0.05) is 18.3 Å². The molecule has 0 aromatic heterocycles. The first-order valence-corrected chi connectivity index (χ1v) is 7.37. The van der Waals surface area contributed by atoms with Crippen molar-refractivity contribution in [3.63, 3.8) is 0 Å². The van der Waals surface area contributed by atoms with Crippen molar-refractivity contribution < 1.29 is 4.79 Å². The van der Waals surface area contributed by atoms with Crippen LogP contribution in [0.25, 0.3) is 0 Å². The highest BCUT2D eigenvalue weighted by Gasteiger charge is 2.27. The number of amides is 1. The molecule has 0 aliphatic heterocycles. The minimum absolute atomic E-state index is 0.171. The van der Waals surface area contributed by atoms with Crippen LogP contribution in [0.15, 0.2) is 0 Å². The summed E-state index contributed by atoms with van der Waals surface area (Å²) in [6.07, 6.45) is 3.68. The summed E-state index contributed by atoms with van der Waals surface area (Å²) >= 11 is 1.61. The molecule has 1 amide bonds. The standard InChI is InChI=1S/C12H24N2OS/c1-9-4-3-5-11(10(9)2)14-12(15)8-16-7-6-13/h9-11H,3-8,13H2,1-2H3,(H,14,15). The Labute approximate surface area is 103 Å². The van der Waals surface area contributed by atoms with Gasteiger partial charge in [0.25, 0.3) is 0 Å². The molecule has 0 spiro atoms. The van der Waals surface area contributed by atoms with E-state index in [-0.39, 0.29) is 5.91 Å². The monoisotopic (exact) mass is 244 g/mol. The molecule has 0 radical (unpaired) electrons. The van der Waals surface area contributed by atoms with Crippen LogP contribution in [0.1, 0.15) is 33.1 Å². The zero-order valence-electron chi connectivity index (χ0n) is 10.4. The van der Waals surface area contributed by atoms with Gasteiger partial charge < -0.3 is 11.1 Å². The third-order valence-electron chi connectivity index (χ3n) is 3.55. The fourth-order valence-electron chi connectivity index (χ4n) is 2.28. The van der Waals surface area contributed by atoms with E-state index < -0.39 is 0 Å². The Kier molecular flexibility index (Phi) is 6.21. The minimum Gasteiger partial charge on any atom is -0.352 e. The average Bonchev–Trinajstić information content (AvgIpc) is 2.25. The molecule has 0 aromatic carbocycles. The molecule has 3 N–H and O–H groups in total. The van der Waals surface area contributed by atoms with Crippen LogP contribution in [0, 0.1) is 11.8 Å². The summed E-state index contributed by atoms with van der Waals surface area (Å²) < 4.78 is 0. The predicted octanol–water partition coefficient (Wildman–Crippen LogP) is 1.62. The highest BCUT2D eigenvalue weighted by Crippen LogP contribution is 2.29. The summed E-state index contributed by atoms with van der Waals surface area (Å²) in [6.45, 7) is 5.18. The third kappa shape index (κ3) is 4.34. The summed E-state index contributed by atoms with van der Waals surface area (Å²) in [6, 6.07) is 0.384. The molecule has 3 atom stereocenters. The van der Waals surface area contributed by atoms with Crippen LogP contribution in [0.4, 0.5) is 0 Å². The summed E-state index contributed by atoms with van der Waals surface area (Å²) in [5, 5.41) is 3.16. The van der Waals surface area contributed by atoms with Crippen LogP contribution in [0.3, 0.4) is 0 Å². The molecule has 1 fully saturated rings. The van der Waals surface area contributed by atoms with Gasteiger partial charge in [0.1, 0.15) is 0 Å². The lowest BCUT2D eigenvalue weighted by molar-refractivity contribution is -0.119. The highest BCUT2D eigenvalue weighted by molar-refractivity contribution is 7.99. The molecule has 1 aliphatic rings. The molecule has 94 valence electrons. The quantitative estimate of drug-likeness (QED) is 0.723. The Balaban J connectivity index is 2.26. The Morgan fingerprint density at radius 3 is 2.88 bits per heavy atom. The van der Waals surface area contributed by atoms with E-state index in [0.717, 1.165) is 18.1 Å². The fraction of sp³-hybridized carbons (Fsp3) is 0.917. The van der Waals surface area contributed by atoms with Gasteiger partial charge in [-0.3, -0.25) is 4.79 Å². The summed E-state index contributed by atoms with van der Waals surface area (Å²) in [5.74, 6) is 2.93. The molecule has 0 heterocycles. The molecule has 16 heavy (non-hydrogen) atoms. The Morgan fingerprint density at radius 1 is 1.44 bits per heavy atom. The SMILES string of the molecule is CC1CCCC(NC(=O)CSCCN)C1C. The van der Waals surface area contributed by atoms with Gasteiger partial charge in [0.2, 0.25) is 5.91 Å². The van der Waals surface area contributed by atoms with Gasteiger partial charge >= 0.3 is 0 Å². The zero-order chi connectivity index (χ0) is 12.0. The molecule has 0 aromatic rings. The van der Waals surface area contributed by atoms with Crippen LogP contribution >= 0.6 is 11.8 Å². The van der Waals surface area contributed by atoms with Crippen LogP contribution in [-0.4, -0.2) is 30.0 Å². The highest BCUT2D eigenvalue weighted by atomic mass is 32.2. The van der Waals surface area contributed by atoms with Gasteiger partial charge in [0.05, 0.1) is 5.75 Å². The lowest BCUT2D eigenvalue weighted by atomic mass is 9.78. The molecule has 0 saturated heterocycles. The second kappa shape index (κ2) is 7.17. The fourth-order valence-corrected chi connectivity index (χ4v) is 2.86. The summed E-state index contributed by atoms with van der Waals surface area (Å²) in [7, 11) is 0. The number of hydrogen-bond acceptors (Lipinski definition) is 3. The molecule has 1 saturated carbocycles. The van der Waals surface area contributed by atoms with E-state index in [1.807, 2.05) is 0 Å². The number of nitrogens with two attached hydrogens (primary N) is 1. The maximum Gasteiger partial charge on any atom is 0.230 e. The van der Waals surface area contributed by atoms with Crippen molar-refractivity contribution in [2.75, 3.05) is 18.1 Å². The van der Waals surface area contributed by atoms with Crippen molar-refractivity contribution in [1.29, 1.82) is 0 Å². The molecule has 1 aliphatic carbocycles. The van der Waals surface area contributed by atoms with Gasteiger partial charge in [-0.15, -0.1) is 0 Å². The number of nitrogens with one attached hydrogen (secondary N) is 1. The van der Waals surface area contributed by atoms with Crippen LogP contribution < -0.4 is 11.1 Å². The van der Waals surface area contributed by atoms with E-state index in [2.05, 4.69) is 19.2 Å². The lowest BCUT2D eigenvalue weighted by Crippen LogP contribution is -2.44. The van der Waals surface area contributed by atoms with Gasteiger partial charge in [-0.1, -0.05) is 26.7 Å². The van der Waals surface area contributed by atoms with Crippen molar-refractivity contribution in [3.8, 4) is 0 Å². The molecule has 1 rings (SSSR count). The van der Waals surface area contributed by atoms with Gasteiger partial charge in [-0.05, 0) is 18.3 Å². The topological polar surface area (TPSA) is 55.1 Å². The normalized spacial score (nSPS) is 30.1. The van der Waals surface area contributed by atoms with E-state index >= 15 is 0 Å². The first kappa shape index (κ1) is 13.8. The van der Waals surface area contributed by atoms with E-state index in [9.17, 15) is 4.79 Å². The maximum absolute atomic E-state index is 11.7. The van der Waals surface area contributed by atoms with Crippen molar-refractivity contribution in [2.24, 2.45) is 17.6 Å². The molecule has 0 bridgehead atoms. The zero-order valence-corrected chi connectivity index (χ0v) is 11.2. The predicted molar refractivity (Wildman–Crippen MR) is 70.5 cm³/mol. The van der Waals surface area contributed by atoms with Gasteiger partial charge in [-0.2, -0.15) is 11.8 Å². The maximum atomic E-state index is 11.7. The first-order chi connectivity index (χ1) is 7.65. The van der Waals surface area contributed by atoms with Gasteiger partial charge in [-0.25, -0.2) is 0 Å². The summed E-state index contributed by atoms with van der Waals surface area (Å²) in [4.78, 5) is 11.7.